The largest absolute Gasteiger partial charge is 0.497 e. The molecule has 0 heterocycles. The van der Waals surface area contributed by atoms with E-state index in [0.29, 0.717) is 17.9 Å². The Balaban J connectivity index is 0.00000144. The minimum absolute atomic E-state index is 0. The van der Waals surface area contributed by atoms with Gasteiger partial charge in [-0.2, -0.15) is 0 Å². The normalized spacial score (nSPS) is 9.15. The molecule has 0 aromatic heterocycles. The van der Waals surface area contributed by atoms with Crippen LogP contribution in [0.15, 0.2) is 18.2 Å². The van der Waals surface area contributed by atoms with Crippen molar-refractivity contribution in [1.82, 2.24) is 5.32 Å². The number of nitrogens with one attached hydrogen (secondary N) is 1. The van der Waals surface area contributed by atoms with Crippen LogP contribution in [-0.2, 0) is 6.54 Å². The van der Waals surface area contributed by atoms with Crippen molar-refractivity contribution in [3.63, 3.8) is 0 Å². The Morgan fingerprint density at radius 2 is 2.15 bits per heavy atom. The summed E-state index contributed by atoms with van der Waals surface area (Å²) in [6.45, 7) is 0.517. The highest BCUT2D eigenvalue weighted by atomic mass is 35.5. The Morgan fingerprint density at radius 3 is 2.69 bits per heavy atom. The minimum atomic E-state index is -0.204. The van der Waals surface area contributed by atoms with Crippen LogP contribution in [0.4, 0.5) is 4.39 Å². The van der Waals surface area contributed by atoms with Crippen LogP contribution >= 0.6 is 12.4 Å². The SMILES string of the molecule is CNCc1cc(OC)ccc1F.Cl. The fourth-order valence-electron chi connectivity index (χ4n) is 1.00. The summed E-state index contributed by atoms with van der Waals surface area (Å²) in [6, 6.07) is 4.70. The highest BCUT2D eigenvalue weighted by Gasteiger charge is 2.01. The summed E-state index contributed by atoms with van der Waals surface area (Å²) >= 11 is 0. The molecule has 0 amide bonds. The summed E-state index contributed by atoms with van der Waals surface area (Å²) < 4.78 is 18.0. The zero-order valence-corrected chi connectivity index (χ0v) is 8.45. The van der Waals surface area contributed by atoms with Gasteiger partial charge in [-0.1, -0.05) is 0 Å². The average Bonchev–Trinajstić information content (AvgIpc) is 2.09. The first-order chi connectivity index (χ1) is 5.77. The molecule has 1 rings (SSSR count). The topological polar surface area (TPSA) is 21.3 Å². The number of halogens is 2. The lowest BCUT2D eigenvalue weighted by Crippen LogP contribution is -2.07. The van der Waals surface area contributed by atoms with Gasteiger partial charge in [0, 0.05) is 12.1 Å². The smallest absolute Gasteiger partial charge is 0.127 e. The van der Waals surface area contributed by atoms with E-state index < -0.39 is 0 Å². The van der Waals surface area contributed by atoms with Gasteiger partial charge in [0.1, 0.15) is 11.6 Å². The summed E-state index contributed by atoms with van der Waals surface area (Å²) in [7, 11) is 3.34. The first-order valence-electron chi connectivity index (χ1n) is 3.75. The summed E-state index contributed by atoms with van der Waals surface area (Å²) in [4.78, 5) is 0. The van der Waals surface area contributed by atoms with Crippen molar-refractivity contribution in [2.24, 2.45) is 0 Å². The van der Waals surface area contributed by atoms with Gasteiger partial charge >= 0.3 is 0 Å². The minimum Gasteiger partial charge on any atom is -0.497 e. The van der Waals surface area contributed by atoms with E-state index in [0.717, 1.165) is 0 Å². The molecule has 0 aliphatic rings. The Bertz CT molecular complexity index is 268. The average molecular weight is 206 g/mol. The number of hydrogen-bond acceptors (Lipinski definition) is 2. The molecule has 0 saturated carbocycles. The Kier molecular flexibility index (Phi) is 5.42. The number of methoxy groups -OCH3 is 1. The van der Waals surface area contributed by atoms with Crippen LogP contribution in [0.5, 0.6) is 5.75 Å². The molecule has 0 atom stereocenters. The van der Waals surface area contributed by atoms with E-state index >= 15 is 0 Å². The molecule has 0 spiro atoms. The van der Waals surface area contributed by atoms with E-state index in [9.17, 15) is 4.39 Å². The highest BCUT2D eigenvalue weighted by molar-refractivity contribution is 5.85. The first-order valence-corrected chi connectivity index (χ1v) is 3.75. The molecule has 0 aliphatic carbocycles. The van der Waals surface area contributed by atoms with Crippen LogP contribution in [0, 0.1) is 5.82 Å². The third kappa shape index (κ3) is 3.20. The molecule has 0 saturated heterocycles. The summed E-state index contributed by atoms with van der Waals surface area (Å²) in [5.74, 6) is 0.479. The highest BCUT2D eigenvalue weighted by Crippen LogP contribution is 2.15. The standard InChI is InChI=1S/C9H12FNO.ClH/c1-11-6-7-5-8(12-2)3-4-9(7)10;/h3-5,11H,6H2,1-2H3;1H. The molecule has 74 valence electrons. The Morgan fingerprint density at radius 1 is 1.46 bits per heavy atom. The molecule has 0 radical (unpaired) electrons. The van der Waals surface area contributed by atoms with Crippen molar-refractivity contribution in [2.45, 2.75) is 6.54 Å². The van der Waals surface area contributed by atoms with Crippen molar-refractivity contribution >= 4 is 12.4 Å². The van der Waals surface area contributed by atoms with Gasteiger partial charge in [0.25, 0.3) is 0 Å². The van der Waals surface area contributed by atoms with E-state index in [1.165, 1.54) is 6.07 Å². The van der Waals surface area contributed by atoms with Crippen LogP contribution in [0.2, 0.25) is 0 Å². The van der Waals surface area contributed by atoms with Crippen molar-refractivity contribution in [1.29, 1.82) is 0 Å². The molecule has 0 fully saturated rings. The summed E-state index contributed by atoms with van der Waals surface area (Å²) in [5.41, 5.74) is 0.622. The van der Waals surface area contributed by atoms with Crippen molar-refractivity contribution in [3.8, 4) is 5.75 Å². The lowest BCUT2D eigenvalue weighted by atomic mass is 10.2. The van der Waals surface area contributed by atoms with Crippen LogP contribution in [0.1, 0.15) is 5.56 Å². The van der Waals surface area contributed by atoms with Crippen molar-refractivity contribution < 1.29 is 9.13 Å². The molecule has 1 N–H and O–H groups in total. The van der Waals surface area contributed by atoms with Crippen LogP contribution in [0.25, 0.3) is 0 Å². The second kappa shape index (κ2) is 5.78. The van der Waals surface area contributed by atoms with Gasteiger partial charge in [0.2, 0.25) is 0 Å². The Hall–Kier alpha value is -0.800. The van der Waals surface area contributed by atoms with Gasteiger partial charge in [-0.05, 0) is 25.2 Å². The molecule has 4 heteroatoms. The Labute approximate surface area is 83.5 Å². The van der Waals surface area contributed by atoms with Gasteiger partial charge in [0.05, 0.1) is 7.11 Å². The van der Waals surface area contributed by atoms with E-state index in [1.807, 2.05) is 0 Å². The van der Waals surface area contributed by atoms with Gasteiger partial charge in [-0.3, -0.25) is 0 Å². The third-order valence-corrected chi connectivity index (χ3v) is 1.62. The van der Waals surface area contributed by atoms with Crippen LogP contribution in [-0.4, -0.2) is 14.2 Å². The number of rotatable bonds is 3. The number of ether oxygens (including phenoxy) is 1. The van der Waals surface area contributed by atoms with Gasteiger partial charge in [0.15, 0.2) is 0 Å². The van der Waals surface area contributed by atoms with Gasteiger partial charge in [-0.25, -0.2) is 4.39 Å². The second-order valence-electron chi connectivity index (χ2n) is 2.49. The van der Waals surface area contributed by atoms with Crippen molar-refractivity contribution in [2.75, 3.05) is 14.2 Å². The summed E-state index contributed by atoms with van der Waals surface area (Å²) in [6.07, 6.45) is 0. The predicted octanol–water partition coefficient (Wildman–Crippen LogP) is 1.98. The van der Waals surface area contributed by atoms with E-state index in [2.05, 4.69) is 5.32 Å². The molecule has 13 heavy (non-hydrogen) atoms. The zero-order chi connectivity index (χ0) is 8.97. The molecule has 1 aromatic rings. The molecule has 0 aliphatic heterocycles. The van der Waals surface area contributed by atoms with E-state index in [4.69, 9.17) is 4.74 Å². The third-order valence-electron chi connectivity index (χ3n) is 1.62. The monoisotopic (exact) mass is 205 g/mol. The van der Waals surface area contributed by atoms with Crippen LogP contribution in [0.3, 0.4) is 0 Å². The summed E-state index contributed by atoms with van der Waals surface area (Å²) in [5, 5.41) is 2.88. The number of hydrogen-bond donors (Lipinski definition) is 1. The van der Waals surface area contributed by atoms with Gasteiger partial charge in [-0.15, -0.1) is 12.4 Å². The number of benzene rings is 1. The molecular formula is C9H13ClFNO. The van der Waals surface area contributed by atoms with Gasteiger partial charge < -0.3 is 10.1 Å². The lowest BCUT2D eigenvalue weighted by Gasteiger charge is -2.04. The second-order valence-corrected chi connectivity index (χ2v) is 2.49. The maximum absolute atomic E-state index is 13.0. The molecular weight excluding hydrogens is 193 g/mol. The maximum atomic E-state index is 13.0. The fourth-order valence-corrected chi connectivity index (χ4v) is 1.00. The fraction of sp³-hybridized carbons (Fsp3) is 0.333. The quantitative estimate of drug-likeness (QED) is 0.815. The zero-order valence-electron chi connectivity index (χ0n) is 7.63. The van der Waals surface area contributed by atoms with E-state index in [-0.39, 0.29) is 18.2 Å². The van der Waals surface area contributed by atoms with Crippen molar-refractivity contribution in [3.05, 3.63) is 29.6 Å². The molecule has 1 aromatic carbocycles. The predicted molar refractivity (Wildman–Crippen MR) is 53.0 cm³/mol. The first kappa shape index (κ1) is 12.2. The van der Waals surface area contributed by atoms with Crippen LogP contribution < -0.4 is 10.1 Å². The molecule has 0 bridgehead atoms. The molecule has 0 unspecified atom stereocenters. The van der Waals surface area contributed by atoms with E-state index in [1.54, 1.807) is 26.3 Å². The molecule has 2 nitrogen and oxygen atoms in total. The maximum Gasteiger partial charge on any atom is 0.127 e. The lowest BCUT2D eigenvalue weighted by molar-refractivity contribution is 0.412.